The number of rotatable bonds is 5. The van der Waals surface area contributed by atoms with Crippen molar-refractivity contribution in [1.82, 2.24) is 4.57 Å². The summed E-state index contributed by atoms with van der Waals surface area (Å²) >= 11 is 6.25. The van der Waals surface area contributed by atoms with Crippen LogP contribution in [-0.4, -0.2) is 41.6 Å². The summed E-state index contributed by atoms with van der Waals surface area (Å²) in [6, 6.07) is 8.72. The van der Waals surface area contributed by atoms with E-state index < -0.39 is 0 Å². The Bertz CT molecular complexity index is 1010. The summed E-state index contributed by atoms with van der Waals surface area (Å²) < 4.78 is 13.1. The van der Waals surface area contributed by atoms with Crippen LogP contribution in [0.4, 0.5) is 0 Å². The lowest BCUT2D eigenvalue weighted by Gasteiger charge is -2.19. The third kappa shape index (κ3) is 3.84. The summed E-state index contributed by atoms with van der Waals surface area (Å²) in [6.45, 7) is 2.38. The van der Waals surface area contributed by atoms with E-state index in [9.17, 15) is 4.79 Å². The highest BCUT2D eigenvalue weighted by Gasteiger charge is 2.18. The molecule has 7 nitrogen and oxygen atoms in total. The van der Waals surface area contributed by atoms with Crippen molar-refractivity contribution in [2.24, 2.45) is 0 Å². The molecular weight excluding hydrogens is 374 g/mol. The standard InChI is InChI=1S/C18H18ClNO4.CH2O2/c1-3-20-15-11(5-4-6-14(15)24-10-9-21)17(22)12-7-8-13(19)18(23-2)16(12)20;2-1-3/h4-8,21H,3,9-10H2,1-2H3;1H,(H,2,3). The first kappa shape index (κ1) is 20.5. The molecule has 0 fully saturated rings. The van der Waals surface area contributed by atoms with Crippen LogP contribution in [0.1, 0.15) is 6.92 Å². The van der Waals surface area contributed by atoms with Gasteiger partial charge in [0, 0.05) is 6.54 Å². The van der Waals surface area contributed by atoms with E-state index in [0.717, 1.165) is 0 Å². The van der Waals surface area contributed by atoms with Gasteiger partial charge in [-0.2, -0.15) is 0 Å². The number of fused-ring (bicyclic) bond motifs is 2. The van der Waals surface area contributed by atoms with Crippen LogP contribution in [0.3, 0.4) is 0 Å². The van der Waals surface area contributed by atoms with Crippen molar-refractivity contribution >= 4 is 39.9 Å². The zero-order valence-corrected chi connectivity index (χ0v) is 15.7. The molecule has 0 saturated carbocycles. The molecule has 27 heavy (non-hydrogen) atoms. The number of nitrogens with zero attached hydrogens (tertiary/aromatic N) is 1. The SMILES string of the molecule is CCn1c2c(OCCO)cccc2c(=O)c2ccc(Cl)c(OC)c21.O=CO. The van der Waals surface area contributed by atoms with Crippen LogP contribution in [0.15, 0.2) is 35.1 Å². The van der Waals surface area contributed by atoms with Gasteiger partial charge >= 0.3 is 0 Å². The number of aryl methyl sites for hydroxylation is 1. The van der Waals surface area contributed by atoms with E-state index in [0.29, 0.717) is 44.9 Å². The Morgan fingerprint density at radius 3 is 2.44 bits per heavy atom. The predicted molar refractivity (Wildman–Crippen MR) is 104 cm³/mol. The molecule has 0 bridgehead atoms. The monoisotopic (exact) mass is 393 g/mol. The summed E-state index contributed by atoms with van der Waals surface area (Å²) in [5, 5.41) is 17.5. The fourth-order valence-electron chi connectivity index (χ4n) is 3.02. The van der Waals surface area contributed by atoms with E-state index in [2.05, 4.69) is 0 Å². The number of hydrogen-bond acceptors (Lipinski definition) is 5. The summed E-state index contributed by atoms with van der Waals surface area (Å²) in [7, 11) is 1.53. The lowest BCUT2D eigenvalue weighted by atomic mass is 10.1. The number of pyridine rings is 1. The van der Waals surface area contributed by atoms with Crippen LogP contribution in [-0.2, 0) is 11.3 Å². The molecule has 1 aromatic heterocycles. The average molecular weight is 394 g/mol. The molecule has 0 aliphatic heterocycles. The van der Waals surface area contributed by atoms with Crippen LogP contribution in [0.25, 0.3) is 21.8 Å². The highest BCUT2D eigenvalue weighted by Crippen LogP contribution is 2.36. The Balaban J connectivity index is 0.000000817. The van der Waals surface area contributed by atoms with Crippen molar-refractivity contribution in [3.05, 3.63) is 45.6 Å². The van der Waals surface area contributed by atoms with E-state index in [4.69, 9.17) is 36.1 Å². The maximum absolute atomic E-state index is 12.9. The number of methoxy groups -OCH3 is 1. The smallest absolute Gasteiger partial charge is 0.290 e. The van der Waals surface area contributed by atoms with Crippen LogP contribution < -0.4 is 14.9 Å². The Labute approximate surface area is 160 Å². The topological polar surface area (TPSA) is 98.0 Å². The van der Waals surface area contributed by atoms with Crippen LogP contribution in [0, 0.1) is 0 Å². The minimum Gasteiger partial charge on any atom is -0.493 e. The lowest BCUT2D eigenvalue weighted by molar-refractivity contribution is -0.122. The molecule has 2 aromatic carbocycles. The first-order valence-electron chi connectivity index (χ1n) is 8.18. The quantitative estimate of drug-likeness (QED) is 0.511. The van der Waals surface area contributed by atoms with Crippen molar-refractivity contribution in [3.8, 4) is 11.5 Å². The fraction of sp³-hybridized carbons (Fsp3) is 0.263. The highest BCUT2D eigenvalue weighted by atomic mass is 35.5. The summed E-state index contributed by atoms with van der Waals surface area (Å²) in [5.41, 5.74) is 1.21. The number of carbonyl (C=O) groups is 1. The summed E-state index contributed by atoms with van der Waals surface area (Å²) in [4.78, 5) is 21.3. The number of aromatic nitrogens is 1. The van der Waals surface area contributed by atoms with Crippen molar-refractivity contribution in [2.45, 2.75) is 13.5 Å². The predicted octanol–water partition coefficient (Wildman–Crippen LogP) is 2.91. The molecule has 3 rings (SSSR count). The molecule has 0 unspecified atom stereocenters. The van der Waals surface area contributed by atoms with Gasteiger partial charge in [0.15, 0.2) is 11.2 Å². The van der Waals surface area contributed by atoms with Gasteiger partial charge in [0.1, 0.15) is 12.4 Å². The molecular formula is C19H20ClNO6. The lowest BCUT2D eigenvalue weighted by Crippen LogP contribution is -2.13. The third-order valence-corrected chi connectivity index (χ3v) is 4.28. The van der Waals surface area contributed by atoms with Crippen molar-refractivity contribution in [1.29, 1.82) is 0 Å². The van der Waals surface area contributed by atoms with Gasteiger partial charge < -0.3 is 24.3 Å². The molecule has 3 aromatic rings. The number of aliphatic hydroxyl groups is 1. The molecule has 2 N–H and O–H groups in total. The van der Waals surface area contributed by atoms with Crippen molar-refractivity contribution in [2.75, 3.05) is 20.3 Å². The van der Waals surface area contributed by atoms with Crippen LogP contribution in [0.5, 0.6) is 11.5 Å². The van der Waals surface area contributed by atoms with Gasteiger partial charge in [-0.1, -0.05) is 17.7 Å². The normalized spacial score (nSPS) is 10.4. The number of halogens is 1. The van der Waals surface area contributed by atoms with Gasteiger partial charge in [-0.05, 0) is 31.2 Å². The third-order valence-electron chi connectivity index (χ3n) is 3.98. The molecule has 0 aliphatic carbocycles. The molecule has 0 aliphatic rings. The zero-order chi connectivity index (χ0) is 20.0. The molecule has 0 radical (unpaired) electrons. The van der Waals surface area contributed by atoms with E-state index in [1.807, 2.05) is 11.5 Å². The molecule has 0 saturated heterocycles. The van der Waals surface area contributed by atoms with E-state index in [-0.39, 0.29) is 25.1 Å². The second-order valence-corrected chi connectivity index (χ2v) is 5.79. The van der Waals surface area contributed by atoms with Gasteiger partial charge in [0.05, 0.1) is 40.5 Å². The minimum atomic E-state index is -0.250. The number of para-hydroxylation sites is 1. The van der Waals surface area contributed by atoms with Crippen molar-refractivity contribution < 1.29 is 24.5 Å². The second kappa shape index (κ2) is 9.25. The van der Waals surface area contributed by atoms with Crippen LogP contribution >= 0.6 is 11.6 Å². The maximum atomic E-state index is 12.9. The fourth-order valence-corrected chi connectivity index (χ4v) is 3.25. The minimum absolute atomic E-state index is 0.102. The Hall–Kier alpha value is -2.77. The van der Waals surface area contributed by atoms with Crippen LogP contribution in [0.2, 0.25) is 5.02 Å². The molecule has 0 atom stereocenters. The molecule has 144 valence electrons. The summed E-state index contributed by atoms with van der Waals surface area (Å²) in [5.74, 6) is 1.01. The Morgan fingerprint density at radius 1 is 1.19 bits per heavy atom. The molecule has 0 amide bonds. The van der Waals surface area contributed by atoms with E-state index in [1.54, 1.807) is 30.3 Å². The molecule has 0 spiro atoms. The number of benzene rings is 2. The van der Waals surface area contributed by atoms with E-state index >= 15 is 0 Å². The van der Waals surface area contributed by atoms with Gasteiger partial charge in [-0.25, -0.2) is 0 Å². The summed E-state index contributed by atoms with van der Waals surface area (Å²) in [6.07, 6.45) is 0. The Kier molecular flexibility index (Phi) is 7.04. The highest BCUT2D eigenvalue weighted by molar-refractivity contribution is 6.33. The maximum Gasteiger partial charge on any atom is 0.290 e. The first-order valence-corrected chi connectivity index (χ1v) is 8.56. The first-order chi connectivity index (χ1) is 13.0. The second-order valence-electron chi connectivity index (χ2n) is 5.38. The number of aliphatic hydroxyl groups excluding tert-OH is 1. The average Bonchev–Trinajstić information content (AvgIpc) is 2.67. The molecule has 8 heteroatoms. The van der Waals surface area contributed by atoms with Gasteiger partial charge in [-0.15, -0.1) is 0 Å². The number of ether oxygens (including phenoxy) is 2. The van der Waals surface area contributed by atoms with Crippen molar-refractivity contribution in [3.63, 3.8) is 0 Å². The number of carboxylic acid groups (broad SMARTS) is 1. The number of hydrogen-bond donors (Lipinski definition) is 2. The van der Waals surface area contributed by atoms with E-state index in [1.165, 1.54) is 7.11 Å². The Morgan fingerprint density at radius 2 is 1.85 bits per heavy atom. The largest absolute Gasteiger partial charge is 0.493 e. The zero-order valence-electron chi connectivity index (χ0n) is 14.9. The van der Waals surface area contributed by atoms with Gasteiger partial charge in [0.25, 0.3) is 6.47 Å². The van der Waals surface area contributed by atoms with Gasteiger partial charge in [0.2, 0.25) is 0 Å². The molecule has 1 heterocycles. The van der Waals surface area contributed by atoms with Gasteiger partial charge in [-0.3, -0.25) is 9.59 Å².